The summed E-state index contributed by atoms with van der Waals surface area (Å²) < 4.78 is 14.2. The van der Waals surface area contributed by atoms with Crippen molar-refractivity contribution < 1.29 is 4.39 Å². The molecule has 0 spiro atoms. The Kier molecular flexibility index (Phi) is 4.05. The third-order valence-corrected chi connectivity index (χ3v) is 3.78. The third kappa shape index (κ3) is 2.99. The molecule has 1 atom stereocenters. The Morgan fingerprint density at radius 1 is 1.47 bits per heavy atom. The van der Waals surface area contributed by atoms with Crippen LogP contribution >= 0.6 is 15.9 Å². The molecule has 0 amide bonds. The van der Waals surface area contributed by atoms with Crippen molar-refractivity contribution in [3.63, 3.8) is 0 Å². The van der Waals surface area contributed by atoms with Gasteiger partial charge in [0.05, 0.1) is 4.47 Å². The van der Waals surface area contributed by atoms with Gasteiger partial charge in [-0.05, 0) is 60.4 Å². The van der Waals surface area contributed by atoms with Crippen molar-refractivity contribution in [2.24, 2.45) is 0 Å². The van der Waals surface area contributed by atoms with Crippen LogP contribution in [-0.4, -0.2) is 25.7 Å². The maximum Gasteiger partial charge on any atom is 0.139 e. The summed E-state index contributed by atoms with van der Waals surface area (Å²) in [5.74, 6) is -0.185. The van der Waals surface area contributed by atoms with E-state index < -0.39 is 0 Å². The number of hydrogen-bond acceptors (Lipinski definition) is 2. The van der Waals surface area contributed by atoms with E-state index >= 15 is 0 Å². The highest BCUT2D eigenvalue weighted by molar-refractivity contribution is 9.10. The van der Waals surface area contributed by atoms with Gasteiger partial charge in [0.1, 0.15) is 5.82 Å². The van der Waals surface area contributed by atoms with Gasteiger partial charge in [0.25, 0.3) is 0 Å². The van der Waals surface area contributed by atoms with E-state index in [0.29, 0.717) is 10.5 Å². The molecule has 1 N–H and O–H groups in total. The van der Waals surface area contributed by atoms with Crippen LogP contribution < -0.4 is 10.2 Å². The Labute approximate surface area is 110 Å². The summed E-state index contributed by atoms with van der Waals surface area (Å²) >= 11 is 3.23. The first-order chi connectivity index (χ1) is 8.08. The van der Waals surface area contributed by atoms with Crippen LogP contribution in [0.25, 0.3) is 0 Å². The Hall–Kier alpha value is -0.610. The molecule has 1 unspecified atom stereocenters. The molecule has 0 aromatic heterocycles. The normalized spacial score (nSPS) is 21.4. The van der Waals surface area contributed by atoms with Crippen LogP contribution in [0.1, 0.15) is 18.9 Å². The summed E-state index contributed by atoms with van der Waals surface area (Å²) in [6.07, 6.45) is 1.10. The van der Waals surface area contributed by atoms with Crippen LogP contribution in [0.4, 0.5) is 10.1 Å². The van der Waals surface area contributed by atoms with Crippen molar-refractivity contribution in [1.82, 2.24) is 5.32 Å². The number of benzene rings is 1. The molecule has 17 heavy (non-hydrogen) atoms. The van der Waals surface area contributed by atoms with Crippen LogP contribution in [-0.2, 0) is 0 Å². The van der Waals surface area contributed by atoms with Gasteiger partial charge in [-0.1, -0.05) is 0 Å². The standard InChI is InChI=1S/C13H18BrFN2/c1-9-6-11(14)12(15)7-13(9)17-5-3-4-16-10(2)8-17/h6-7,10,16H,3-5,8H2,1-2H3. The number of nitrogens with zero attached hydrogens (tertiary/aromatic N) is 1. The zero-order valence-electron chi connectivity index (χ0n) is 10.3. The highest BCUT2D eigenvalue weighted by Crippen LogP contribution is 2.27. The summed E-state index contributed by atoms with van der Waals surface area (Å²) in [4.78, 5) is 2.27. The zero-order chi connectivity index (χ0) is 12.4. The predicted octanol–water partition coefficient (Wildman–Crippen LogP) is 3.08. The summed E-state index contributed by atoms with van der Waals surface area (Å²) in [6.45, 7) is 7.16. The Bertz CT molecular complexity index is 409. The Morgan fingerprint density at radius 3 is 3.00 bits per heavy atom. The van der Waals surface area contributed by atoms with E-state index in [-0.39, 0.29) is 5.82 Å². The Balaban J connectivity index is 2.28. The van der Waals surface area contributed by atoms with Gasteiger partial charge in [-0.2, -0.15) is 0 Å². The third-order valence-electron chi connectivity index (χ3n) is 3.17. The minimum atomic E-state index is -0.185. The van der Waals surface area contributed by atoms with E-state index in [0.717, 1.165) is 37.3 Å². The van der Waals surface area contributed by atoms with Gasteiger partial charge in [-0.15, -0.1) is 0 Å². The van der Waals surface area contributed by atoms with Gasteiger partial charge in [-0.3, -0.25) is 0 Å². The smallest absolute Gasteiger partial charge is 0.139 e. The lowest BCUT2D eigenvalue weighted by Crippen LogP contribution is -2.35. The molecule has 0 radical (unpaired) electrons. The number of nitrogens with one attached hydrogen (secondary N) is 1. The quantitative estimate of drug-likeness (QED) is 0.857. The number of aryl methyl sites for hydroxylation is 1. The highest BCUT2D eigenvalue weighted by Gasteiger charge is 2.17. The predicted molar refractivity (Wildman–Crippen MR) is 73.1 cm³/mol. The Morgan fingerprint density at radius 2 is 2.24 bits per heavy atom. The molecule has 94 valence electrons. The summed E-state index contributed by atoms with van der Waals surface area (Å²) in [5, 5.41) is 3.44. The molecule has 1 aliphatic heterocycles. The average molecular weight is 301 g/mol. The van der Waals surface area contributed by atoms with Crippen molar-refractivity contribution >= 4 is 21.6 Å². The number of anilines is 1. The second-order valence-corrected chi connectivity index (χ2v) is 5.56. The first kappa shape index (κ1) is 12.8. The minimum Gasteiger partial charge on any atom is -0.370 e. The molecule has 2 rings (SSSR count). The van der Waals surface area contributed by atoms with Crippen molar-refractivity contribution in [2.75, 3.05) is 24.5 Å². The first-order valence-electron chi connectivity index (χ1n) is 6.02. The topological polar surface area (TPSA) is 15.3 Å². The largest absolute Gasteiger partial charge is 0.370 e. The van der Waals surface area contributed by atoms with E-state index in [9.17, 15) is 4.39 Å². The molecule has 1 aromatic rings. The van der Waals surface area contributed by atoms with Gasteiger partial charge in [0.2, 0.25) is 0 Å². The molecule has 1 heterocycles. The second-order valence-electron chi connectivity index (χ2n) is 4.71. The fourth-order valence-electron chi connectivity index (χ4n) is 2.30. The molecule has 4 heteroatoms. The zero-order valence-corrected chi connectivity index (χ0v) is 11.8. The van der Waals surface area contributed by atoms with Crippen molar-refractivity contribution in [3.8, 4) is 0 Å². The molecule has 0 bridgehead atoms. The molecule has 0 aliphatic carbocycles. The fourth-order valence-corrected chi connectivity index (χ4v) is 2.76. The van der Waals surface area contributed by atoms with E-state index in [1.807, 2.05) is 13.0 Å². The number of halogens is 2. The minimum absolute atomic E-state index is 0.185. The van der Waals surface area contributed by atoms with Crippen LogP contribution in [0.5, 0.6) is 0 Å². The van der Waals surface area contributed by atoms with Crippen molar-refractivity contribution in [2.45, 2.75) is 26.3 Å². The van der Waals surface area contributed by atoms with E-state index in [4.69, 9.17) is 0 Å². The van der Waals surface area contributed by atoms with Crippen molar-refractivity contribution in [3.05, 3.63) is 28.0 Å². The van der Waals surface area contributed by atoms with Gasteiger partial charge in [0.15, 0.2) is 0 Å². The molecule has 0 saturated carbocycles. The van der Waals surface area contributed by atoms with Gasteiger partial charge >= 0.3 is 0 Å². The van der Waals surface area contributed by atoms with Crippen LogP contribution in [0.15, 0.2) is 16.6 Å². The van der Waals surface area contributed by atoms with E-state index in [1.165, 1.54) is 0 Å². The second kappa shape index (κ2) is 5.36. The maximum atomic E-state index is 13.6. The molecule has 1 aliphatic rings. The molecule has 1 saturated heterocycles. The summed E-state index contributed by atoms with van der Waals surface area (Å²) in [5.41, 5.74) is 2.13. The van der Waals surface area contributed by atoms with E-state index in [2.05, 4.69) is 33.1 Å². The lowest BCUT2D eigenvalue weighted by Gasteiger charge is -2.26. The molecular formula is C13H18BrFN2. The van der Waals surface area contributed by atoms with Crippen LogP contribution in [0.2, 0.25) is 0 Å². The first-order valence-corrected chi connectivity index (χ1v) is 6.81. The fraction of sp³-hybridized carbons (Fsp3) is 0.538. The van der Waals surface area contributed by atoms with Gasteiger partial charge in [-0.25, -0.2) is 4.39 Å². The summed E-state index contributed by atoms with van der Waals surface area (Å²) in [6, 6.07) is 3.94. The van der Waals surface area contributed by atoms with Crippen molar-refractivity contribution in [1.29, 1.82) is 0 Å². The molecular weight excluding hydrogens is 283 g/mol. The van der Waals surface area contributed by atoms with Gasteiger partial charge in [0, 0.05) is 24.8 Å². The number of hydrogen-bond donors (Lipinski definition) is 1. The lowest BCUT2D eigenvalue weighted by atomic mass is 10.1. The monoisotopic (exact) mass is 300 g/mol. The van der Waals surface area contributed by atoms with Crippen LogP contribution in [0.3, 0.4) is 0 Å². The van der Waals surface area contributed by atoms with Crippen LogP contribution in [0, 0.1) is 12.7 Å². The van der Waals surface area contributed by atoms with E-state index in [1.54, 1.807) is 6.07 Å². The lowest BCUT2D eigenvalue weighted by molar-refractivity contribution is 0.583. The molecule has 2 nitrogen and oxygen atoms in total. The maximum absolute atomic E-state index is 13.6. The number of rotatable bonds is 1. The SMILES string of the molecule is Cc1cc(Br)c(F)cc1N1CCCNC(C)C1. The average Bonchev–Trinajstić information content (AvgIpc) is 2.48. The molecule has 1 aromatic carbocycles. The summed E-state index contributed by atoms with van der Waals surface area (Å²) in [7, 11) is 0. The molecule has 1 fully saturated rings. The highest BCUT2D eigenvalue weighted by atomic mass is 79.9. The van der Waals surface area contributed by atoms with Gasteiger partial charge < -0.3 is 10.2 Å².